The second-order valence-electron chi connectivity index (χ2n) is 4.23. The third kappa shape index (κ3) is 3.02. The lowest BCUT2D eigenvalue weighted by Gasteiger charge is -2.13. The Morgan fingerprint density at radius 1 is 1.27 bits per heavy atom. The first-order valence-corrected chi connectivity index (χ1v) is 6.00. The highest BCUT2D eigenvalue weighted by Crippen LogP contribution is 2.07. The molecule has 0 saturated carbocycles. The van der Waals surface area contributed by atoms with Crippen LogP contribution < -0.4 is 0 Å². The summed E-state index contributed by atoms with van der Waals surface area (Å²) in [7, 11) is 0. The molecule has 0 aromatic carbocycles. The lowest BCUT2D eigenvalue weighted by Crippen LogP contribution is -2.21. The highest BCUT2D eigenvalue weighted by atomic mass is 15.4. The number of rotatable bonds is 5. The van der Waals surface area contributed by atoms with Crippen molar-refractivity contribution in [1.29, 1.82) is 0 Å². The van der Waals surface area contributed by atoms with E-state index >= 15 is 0 Å². The lowest BCUT2D eigenvalue weighted by atomic mass is 10.3. The van der Waals surface area contributed by atoms with Crippen LogP contribution in [0.1, 0.15) is 31.9 Å². The van der Waals surface area contributed by atoms with Gasteiger partial charge in [0.15, 0.2) is 0 Å². The minimum absolute atomic E-state index is 0.978. The van der Waals surface area contributed by atoms with Gasteiger partial charge in [0.1, 0.15) is 0 Å². The highest BCUT2D eigenvalue weighted by Gasteiger charge is 2.10. The van der Waals surface area contributed by atoms with E-state index < -0.39 is 0 Å². The van der Waals surface area contributed by atoms with Crippen molar-refractivity contribution < 1.29 is 0 Å². The Morgan fingerprint density at radius 2 is 2.07 bits per heavy atom. The zero-order chi connectivity index (χ0) is 10.5. The van der Waals surface area contributed by atoms with E-state index in [2.05, 4.69) is 28.3 Å². The van der Waals surface area contributed by atoms with Crippen LogP contribution in [0, 0.1) is 0 Å². The summed E-state index contributed by atoms with van der Waals surface area (Å²) in [5, 5.41) is 8.18. The predicted molar refractivity (Wildman–Crippen MR) is 59.7 cm³/mol. The van der Waals surface area contributed by atoms with Gasteiger partial charge < -0.3 is 4.90 Å². The minimum Gasteiger partial charge on any atom is -0.303 e. The van der Waals surface area contributed by atoms with Gasteiger partial charge in [-0.3, -0.25) is 4.68 Å². The minimum atomic E-state index is 0.978. The number of hydrogen-bond acceptors (Lipinski definition) is 3. The van der Waals surface area contributed by atoms with Crippen LogP contribution in [0.5, 0.6) is 0 Å². The molecule has 0 radical (unpaired) electrons. The molecule has 4 heteroatoms. The molecule has 2 rings (SSSR count). The number of aryl methyl sites for hydroxylation is 2. The molecule has 4 nitrogen and oxygen atoms in total. The van der Waals surface area contributed by atoms with Crippen molar-refractivity contribution in [1.82, 2.24) is 19.9 Å². The standard InChI is InChI=1S/C11H20N4/c1-2-11-10-15(13-12-11)9-5-8-14-6-3-4-7-14/h10H,2-9H2,1H3. The van der Waals surface area contributed by atoms with Gasteiger partial charge in [-0.25, -0.2) is 0 Å². The van der Waals surface area contributed by atoms with E-state index in [-0.39, 0.29) is 0 Å². The maximum Gasteiger partial charge on any atom is 0.0824 e. The molecular weight excluding hydrogens is 188 g/mol. The summed E-state index contributed by atoms with van der Waals surface area (Å²) in [6.07, 6.45) is 6.98. The van der Waals surface area contributed by atoms with Gasteiger partial charge in [0.25, 0.3) is 0 Å². The van der Waals surface area contributed by atoms with E-state index in [1.807, 2.05) is 4.68 Å². The van der Waals surface area contributed by atoms with Gasteiger partial charge in [-0.15, -0.1) is 5.10 Å². The summed E-state index contributed by atoms with van der Waals surface area (Å²) >= 11 is 0. The van der Waals surface area contributed by atoms with Crippen molar-refractivity contribution in [3.63, 3.8) is 0 Å². The molecule has 0 amide bonds. The van der Waals surface area contributed by atoms with Crippen molar-refractivity contribution in [3.8, 4) is 0 Å². The smallest absolute Gasteiger partial charge is 0.0824 e. The summed E-state index contributed by atoms with van der Waals surface area (Å²) in [5.74, 6) is 0. The zero-order valence-electron chi connectivity index (χ0n) is 9.52. The molecule has 1 fully saturated rings. The Balaban J connectivity index is 1.68. The van der Waals surface area contributed by atoms with E-state index in [9.17, 15) is 0 Å². The maximum absolute atomic E-state index is 4.10. The number of hydrogen-bond donors (Lipinski definition) is 0. The first-order chi connectivity index (χ1) is 7.38. The zero-order valence-corrected chi connectivity index (χ0v) is 9.52. The molecule has 0 bridgehead atoms. The third-order valence-electron chi connectivity index (χ3n) is 3.01. The largest absolute Gasteiger partial charge is 0.303 e. The fourth-order valence-corrected chi connectivity index (χ4v) is 2.07. The summed E-state index contributed by atoms with van der Waals surface area (Å²) in [6.45, 7) is 6.90. The Hall–Kier alpha value is -0.900. The topological polar surface area (TPSA) is 34.0 Å². The molecule has 84 valence electrons. The van der Waals surface area contributed by atoms with Gasteiger partial charge in [-0.1, -0.05) is 12.1 Å². The van der Waals surface area contributed by atoms with E-state index in [1.165, 1.54) is 38.9 Å². The number of aromatic nitrogens is 3. The second-order valence-corrected chi connectivity index (χ2v) is 4.23. The molecule has 0 aliphatic carbocycles. The third-order valence-corrected chi connectivity index (χ3v) is 3.01. The summed E-state index contributed by atoms with van der Waals surface area (Å²) in [6, 6.07) is 0. The average molecular weight is 208 g/mol. The van der Waals surface area contributed by atoms with Crippen molar-refractivity contribution in [3.05, 3.63) is 11.9 Å². The highest BCUT2D eigenvalue weighted by molar-refractivity contribution is 4.90. The summed E-state index contributed by atoms with van der Waals surface area (Å²) in [4.78, 5) is 2.54. The van der Waals surface area contributed by atoms with Crippen molar-refractivity contribution in [2.75, 3.05) is 19.6 Å². The SMILES string of the molecule is CCc1cn(CCCN2CCCC2)nn1. The molecule has 1 saturated heterocycles. The van der Waals surface area contributed by atoms with E-state index in [4.69, 9.17) is 0 Å². The van der Waals surface area contributed by atoms with Crippen LogP contribution >= 0.6 is 0 Å². The molecule has 0 atom stereocenters. The van der Waals surface area contributed by atoms with E-state index in [0.717, 1.165) is 18.7 Å². The molecular formula is C11H20N4. The van der Waals surface area contributed by atoms with Gasteiger partial charge in [0.2, 0.25) is 0 Å². The second kappa shape index (κ2) is 5.26. The van der Waals surface area contributed by atoms with Crippen LogP contribution in [0.2, 0.25) is 0 Å². The van der Waals surface area contributed by atoms with Gasteiger partial charge >= 0.3 is 0 Å². The average Bonchev–Trinajstić information content (AvgIpc) is 2.88. The van der Waals surface area contributed by atoms with Crippen LogP contribution in [0.15, 0.2) is 6.20 Å². The Morgan fingerprint density at radius 3 is 2.73 bits per heavy atom. The Kier molecular flexibility index (Phi) is 3.72. The lowest BCUT2D eigenvalue weighted by molar-refractivity contribution is 0.321. The number of nitrogens with zero attached hydrogens (tertiary/aromatic N) is 4. The van der Waals surface area contributed by atoms with E-state index in [0.29, 0.717) is 0 Å². The molecule has 15 heavy (non-hydrogen) atoms. The quantitative estimate of drug-likeness (QED) is 0.732. The van der Waals surface area contributed by atoms with Gasteiger partial charge in [0.05, 0.1) is 5.69 Å². The summed E-state index contributed by atoms with van der Waals surface area (Å²) < 4.78 is 1.97. The first-order valence-electron chi connectivity index (χ1n) is 6.00. The predicted octanol–water partition coefficient (Wildman–Crippen LogP) is 1.33. The van der Waals surface area contributed by atoms with Crippen LogP contribution in [0.25, 0.3) is 0 Å². The van der Waals surface area contributed by atoms with Gasteiger partial charge in [0, 0.05) is 12.7 Å². The van der Waals surface area contributed by atoms with Crippen LogP contribution in [-0.4, -0.2) is 39.5 Å². The first kappa shape index (κ1) is 10.6. The van der Waals surface area contributed by atoms with Crippen molar-refractivity contribution in [2.24, 2.45) is 0 Å². The molecule has 1 aromatic rings. The van der Waals surface area contributed by atoms with E-state index in [1.54, 1.807) is 0 Å². The van der Waals surface area contributed by atoms with Crippen molar-refractivity contribution >= 4 is 0 Å². The van der Waals surface area contributed by atoms with Gasteiger partial charge in [-0.05, 0) is 45.3 Å². The summed E-state index contributed by atoms with van der Waals surface area (Å²) in [5.41, 5.74) is 1.09. The fourth-order valence-electron chi connectivity index (χ4n) is 2.07. The molecule has 0 spiro atoms. The van der Waals surface area contributed by atoms with Crippen LogP contribution in [-0.2, 0) is 13.0 Å². The number of likely N-dealkylation sites (tertiary alicyclic amines) is 1. The molecule has 1 aliphatic rings. The van der Waals surface area contributed by atoms with Crippen LogP contribution in [0.3, 0.4) is 0 Å². The molecule has 2 heterocycles. The Labute approximate surface area is 91.3 Å². The van der Waals surface area contributed by atoms with Gasteiger partial charge in [-0.2, -0.15) is 0 Å². The normalized spacial score (nSPS) is 17.4. The monoisotopic (exact) mass is 208 g/mol. The van der Waals surface area contributed by atoms with Crippen molar-refractivity contribution in [2.45, 2.75) is 39.2 Å². The fraction of sp³-hybridized carbons (Fsp3) is 0.818. The Bertz CT molecular complexity index is 289. The molecule has 0 N–H and O–H groups in total. The van der Waals surface area contributed by atoms with Crippen LogP contribution in [0.4, 0.5) is 0 Å². The molecule has 1 aliphatic heterocycles. The molecule has 0 unspecified atom stereocenters. The maximum atomic E-state index is 4.10. The molecule has 1 aromatic heterocycles.